The molecule has 0 spiro atoms. The van der Waals surface area contributed by atoms with Gasteiger partial charge >= 0.3 is 0 Å². The van der Waals surface area contributed by atoms with Gasteiger partial charge < -0.3 is 18.8 Å². The molecule has 0 aliphatic carbocycles. The Bertz CT molecular complexity index is 1340. The van der Waals surface area contributed by atoms with Crippen molar-refractivity contribution in [2.45, 2.75) is 18.4 Å². The number of sulfonamides is 1. The second-order valence-corrected chi connectivity index (χ2v) is 10.2. The summed E-state index contributed by atoms with van der Waals surface area (Å²) in [6.07, 6.45) is 0. The Morgan fingerprint density at radius 2 is 1.82 bits per heavy atom. The van der Waals surface area contributed by atoms with Gasteiger partial charge in [0.25, 0.3) is 5.91 Å². The summed E-state index contributed by atoms with van der Waals surface area (Å²) in [5, 5.41) is 0. The van der Waals surface area contributed by atoms with Crippen molar-refractivity contribution < 1.29 is 27.4 Å². The molecule has 0 N–H and O–H groups in total. The van der Waals surface area contributed by atoms with E-state index in [1.807, 2.05) is 17.6 Å². The summed E-state index contributed by atoms with van der Waals surface area (Å²) in [6.45, 7) is 3.93. The number of ether oxygens (including phenoxy) is 3. The average Bonchev–Trinajstić information content (AvgIpc) is 3.20. The maximum Gasteiger partial charge on any atom is 0.279 e. The smallest absolute Gasteiger partial charge is 0.279 e. The molecule has 33 heavy (non-hydrogen) atoms. The third-order valence-electron chi connectivity index (χ3n) is 5.39. The molecule has 1 aliphatic heterocycles. The average molecular weight is 492 g/mol. The Balaban J connectivity index is 1.68. The van der Waals surface area contributed by atoms with Gasteiger partial charge in [0.05, 0.1) is 37.0 Å². The van der Waals surface area contributed by atoms with Crippen LogP contribution in [0.25, 0.3) is 10.2 Å². The second-order valence-electron chi connectivity index (χ2n) is 7.26. The first-order chi connectivity index (χ1) is 15.9. The van der Waals surface area contributed by atoms with Gasteiger partial charge in [0.15, 0.2) is 4.80 Å². The van der Waals surface area contributed by atoms with Crippen LogP contribution in [0.2, 0.25) is 0 Å². The first-order valence-corrected chi connectivity index (χ1v) is 12.7. The van der Waals surface area contributed by atoms with Crippen molar-refractivity contribution in [2.75, 3.05) is 40.5 Å². The Labute approximate surface area is 195 Å². The standard InChI is InChI=1S/C22H25N3O6S2/c1-4-25-20-18(30-3)13-16(29-2)14-19(20)32-22(25)23-21(26)15-5-7-17(8-6-15)33(27,28)24-9-11-31-12-10-24/h5-8,13-14H,4,9-12H2,1-3H3. The molecule has 11 heteroatoms. The molecule has 4 rings (SSSR count). The van der Waals surface area contributed by atoms with E-state index in [0.29, 0.717) is 54.7 Å². The minimum absolute atomic E-state index is 0.142. The number of morpholine rings is 1. The van der Waals surface area contributed by atoms with Crippen LogP contribution in [0.1, 0.15) is 17.3 Å². The Morgan fingerprint density at radius 3 is 2.42 bits per heavy atom. The summed E-state index contributed by atoms with van der Waals surface area (Å²) in [5.41, 5.74) is 1.14. The van der Waals surface area contributed by atoms with Crippen molar-refractivity contribution in [2.24, 2.45) is 4.99 Å². The van der Waals surface area contributed by atoms with Gasteiger partial charge in [-0.1, -0.05) is 11.3 Å². The number of hydrogen-bond donors (Lipinski definition) is 0. The van der Waals surface area contributed by atoms with Crippen molar-refractivity contribution in [3.05, 3.63) is 46.8 Å². The van der Waals surface area contributed by atoms with E-state index in [1.54, 1.807) is 20.3 Å². The molecule has 0 saturated carbocycles. The van der Waals surface area contributed by atoms with Crippen LogP contribution in [-0.4, -0.2) is 63.7 Å². The van der Waals surface area contributed by atoms with Crippen molar-refractivity contribution in [1.82, 2.24) is 8.87 Å². The molecule has 1 saturated heterocycles. The van der Waals surface area contributed by atoms with Crippen molar-refractivity contribution >= 4 is 37.5 Å². The van der Waals surface area contributed by atoms with Crippen LogP contribution in [0.5, 0.6) is 11.5 Å². The van der Waals surface area contributed by atoms with Crippen molar-refractivity contribution in [3.63, 3.8) is 0 Å². The van der Waals surface area contributed by atoms with E-state index in [-0.39, 0.29) is 4.90 Å². The molecule has 3 aromatic rings. The number of aryl methyl sites for hydroxylation is 1. The number of rotatable bonds is 6. The van der Waals surface area contributed by atoms with E-state index >= 15 is 0 Å². The van der Waals surface area contributed by atoms with E-state index in [1.165, 1.54) is 39.9 Å². The third-order valence-corrected chi connectivity index (χ3v) is 8.33. The molecule has 1 fully saturated rings. The molecular formula is C22H25N3O6S2. The molecule has 0 bridgehead atoms. The summed E-state index contributed by atoms with van der Waals surface area (Å²) < 4.78 is 45.9. The Hall–Kier alpha value is -2.73. The lowest BCUT2D eigenvalue weighted by atomic mass is 10.2. The zero-order chi connectivity index (χ0) is 23.6. The molecule has 1 amide bonds. The summed E-state index contributed by atoms with van der Waals surface area (Å²) in [7, 11) is -0.455. The number of aromatic nitrogens is 1. The predicted molar refractivity (Wildman–Crippen MR) is 125 cm³/mol. The predicted octanol–water partition coefficient (Wildman–Crippen LogP) is 2.50. The summed E-state index contributed by atoms with van der Waals surface area (Å²) >= 11 is 1.36. The lowest BCUT2D eigenvalue weighted by Gasteiger charge is -2.26. The molecule has 2 aromatic carbocycles. The normalized spacial score (nSPS) is 15.7. The monoisotopic (exact) mass is 491 g/mol. The highest BCUT2D eigenvalue weighted by molar-refractivity contribution is 7.89. The number of amides is 1. The van der Waals surface area contributed by atoms with E-state index in [0.717, 1.165) is 10.2 Å². The number of methoxy groups -OCH3 is 2. The molecule has 2 heterocycles. The van der Waals surface area contributed by atoms with Gasteiger partial charge in [0.1, 0.15) is 17.0 Å². The number of carbonyl (C=O) groups is 1. The topological polar surface area (TPSA) is 99.4 Å². The SMILES string of the molecule is CCn1c(=NC(=O)c2ccc(S(=O)(=O)N3CCOCC3)cc2)sc2cc(OC)cc(OC)c21. The highest BCUT2D eigenvalue weighted by atomic mass is 32.2. The van der Waals surface area contributed by atoms with E-state index in [4.69, 9.17) is 14.2 Å². The van der Waals surface area contributed by atoms with Crippen LogP contribution in [0, 0.1) is 0 Å². The van der Waals surface area contributed by atoms with Gasteiger partial charge in [-0.25, -0.2) is 8.42 Å². The summed E-state index contributed by atoms with van der Waals surface area (Å²) in [5.74, 6) is 0.831. The van der Waals surface area contributed by atoms with Crippen LogP contribution in [0.4, 0.5) is 0 Å². The number of nitrogens with zero attached hydrogens (tertiary/aromatic N) is 3. The van der Waals surface area contributed by atoms with E-state index in [2.05, 4.69) is 4.99 Å². The molecule has 0 radical (unpaired) electrons. The van der Waals surface area contributed by atoms with Crippen molar-refractivity contribution in [3.8, 4) is 11.5 Å². The fourth-order valence-corrected chi connectivity index (χ4v) is 6.20. The van der Waals surface area contributed by atoms with Crippen LogP contribution < -0.4 is 14.3 Å². The molecule has 176 valence electrons. The third kappa shape index (κ3) is 4.54. The highest BCUT2D eigenvalue weighted by Gasteiger charge is 2.26. The van der Waals surface area contributed by atoms with E-state index in [9.17, 15) is 13.2 Å². The number of fused-ring (bicyclic) bond motifs is 1. The van der Waals surface area contributed by atoms with Crippen molar-refractivity contribution in [1.29, 1.82) is 0 Å². The van der Waals surface area contributed by atoms with Crippen LogP contribution >= 0.6 is 11.3 Å². The Morgan fingerprint density at radius 1 is 1.12 bits per heavy atom. The molecule has 1 aromatic heterocycles. The maximum absolute atomic E-state index is 12.9. The van der Waals surface area contributed by atoms with E-state index < -0.39 is 15.9 Å². The molecule has 9 nitrogen and oxygen atoms in total. The largest absolute Gasteiger partial charge is 0.497 e. The molecule has 0 atom stereocenters. The first kappa shape index (κ1) is 23.4. The van der Waals surface area contributed by atoms with Gasteiger partial charge in [-0.05, 0) is 37.3 Å². The van der Waals surface area contributed by atoms with Gasteiger partial charge in [-0.3, -0.25) is 4.79 Å². The fraction of sp³-hybridized carbons (Fsp3) is 0.364. The number of carbonyl (C=O) groups excluding carboxylic acids is 1. The minimum atomic E-state index is -3.62. The van der Waals surface area contributed by atoms with Gasteiger partial charge in [0, 0.05) is 31.3 Å². The highest BCUT2D eigenvalue weighted by Crippen LogP contribution is 2.32. The summed E-state index contributed by atoms with van der Waals surface area (Å²) in [4.78, 5) is 17.9. The lowest BCUT2D eigenvalue weighted by molar-refractivity contribution is 0.0730. The fourth-order valence-electron chi connectivity index (χ4n) is 3.66. The molecular weight excluding hydrogens is 466 g/mol. The lowest BCUT2D eigenvalue weighted by Crippen LogP contribution is -2.40. The van der Waals surface area contributed by atoms with Gasteiger partial charge in [0.2, 0.25) is 10.0 Å². The number of thiazole rings is 1. The van der Waals surface area contributed by atoms with Gasteiger partial charge in [-0.15, -0.1) is 0 Å². The zero-order valence-corrected chi connectivity index (χ0v) is 20.2. The minimum Gasteiger partial charge on any atom is -0.497 e. The first-order valence-electron chi connectivity index (χ1n) is 10.4. The number of hydrogen-bond acceptors (Lipinski definition) is 7. The van der Waals surface area contributed by atoms with Gasteiger partial charge in [-0.2, -0.15) is 9.30 Å². The second kappa shape index (κ2) is 9.64. The van der Waals surface area contributed by atoms with Crippen LogP contribution in [0.15, 0.2) is 46.3 Å². The summed E-state index contributed by atoms with van der Waals surface area (Å²) in [6, 6.07) is 9.54. The number of benzene rings is 2. The quantitative estimate of drug-likeness (QED) is 0.525. The molecule has 0 unspecified atom stereocenters. The van der Waals surface area contributed by atoms with Crippen LogP contribution in [0.3, 0.4) is 0 Å². The Kier molecular flexibility index (Phi) is 6.84. The maximum atomic E-state index is 12.9. The molecule has 1 aliphatic rings. The van der Waals surface area contributed by atoms with Crippen LogP contribution in [-0.2, 0) is 21.3 Å². The zero-order valence-electron chi connectivity index (χ0n) is 18.6.